The summed E-state index contributed by atoms with van der Waals surface area (Å²) in [5.74, 6) is -0.0568. The molecule has 35 heavy (non-hydrogen) atoms. The average Bonchev–Trinajstić information content (AvgIpc) is 2.85. The van der Waals surface area contributed by atoms with Gasteiger partial charge in [0.25, 0.3) is 0 Å². The van der Waals surface area contributed by atoms with Crippen LogP contribution >= 0.6 is 0 Å². The Morgan fingerprint density at radius 3 is 1.37 bits per heavy atom. The molecule has 0 atom stereocenters. The van der Waals surface area contributed by atoms with Gasteiger partial charge in [-0.25, -0.2) is 9.59 Å². The molecule has 0 amide bonds. The second-order valence-electron chi connectivity index (χ2n) is 10.3. The highest BCUT2D eigenvalue weighted by molar-refractivity contribution is 6.03. The maximum atomic E-state index is 12.5. The van der Waals surface area contributed by atoms with E-state index in [0.29, 0.717) is 24.3 Å². The van der Waals surface area contributed by atoms with E-state index in [-0.39, 0.29) is 0 Å². The van der Waals surface area contributed by atoms with Gasteiger partial charge in [0.15, 0.2) is 0 Å². The highest BCUT2D eigenvalue weighted by Gasteiger charge is 2.18. The van der Waals surface area contributed by atoms with E-state index >= 15 is 0 Å². The Bertz CT molecular complexity index is 668. The molecule has 1 aromatic rings. The number of carbonyl (C=O) groups excluding carboxylic acids is 2. The van der Waals surface area contributed by atoms with Crippen molar-refractivity contribution < 1.29 is 19.1 Å². The highest BCUT2D eigenvalue weighted by Crippen LogP contribution is 2.15. The number of benzene rings is 1. The number of hydrogen-bond acceptors (Lipinski definition) is 4. The molecular weight excluding hydrogens is 436 g/mol. The van der Waals surface area contributed by atoms with Gasteiger partial charge in [0.05, 0.1) is 24.3 Å². The molecule has 0 bridgehead atoms. The molecule has 4 heteroatoms. The van der Waals surface area contributed by atoms with Gasteiger partial charge < -0.3 is 9.47 Å². The summed E-state index contributed by atoms with van der Waals surface area (Å²) < 4.78 is 10.9. The van der Waals surface area contributed by atoms with Gasteiger partial charge in [-0.05, 0) is 30.9 Å². The van der Waals surface area contributed by atoms with Crippen LogP contribution in [0.5, 0.6) is 0 Å². The number of esters is 2. The summed E-state index contributed by atoms with van der Waals surface area (Å²) >= 11 is 0. The summed E-state index contributed by atoms with van der Waals surface area (Å²) in [5.41, 5.74) is 0.601. The van der Waals surface area contributed by atoms with Crippen molar-refractivity contribution >= 4 is 11.9 Å². The SMILES string of the molecule is CCCCCCCCCCOC(=O)c1ccccc1C(=O)OCCCCCCCCCCC(C)C. The Balaban J connectivity index is 2.17. The van der Waals surface area contributed by atoms with E-state index in [1.165, 1.54) is 83.5 Å². The summed E-state index contributed by atoms with van der Waals surface area (Å²) in [6.07, 6.45) is 20.6. The lowest BCUT2D eigenvalue weighted by Gasteiger charge is -2.10. The lowest BCUT2D eigenvalue weighted by Crippen LogP contribution is -2.15. The zero-order chi connectivity index (χ0) is 25.6. The predicted octanol–water partition coefficient (Wildman–Crippen LogP) is 9.31. The molecule has 0 radical (unpaired) electrons. The van der Waals surface area contributed by atoms with Crippen LogP contribution in [0.4, 0.5) is 0 Å². The fourth-order valence-electron chi connectivity index (χ4n) is 4.28. The Kier molecular flexibility index (Phi) is 19.1. The number of hydrogen-bond donors (Lipinski definition) is 0. The molecule has 0 unspecified atom stereocenters. The molecule has 0 aliphatic carbocycles. The maximum absolute atomic E-state index is 12.5. The second kappa shape index (κ2) is 21.4. The van der Waals surface area contributed by atoms with Gasteiger partial charge in [-0.3, -0.25) is 0 Å². The van der Waals surface area contributed by atoms with Crippen molar-refractivity contribution in [3.05, 3.63) is 35.4 Å². The van der Waals surface area contributed by atoms with Crippen LogP contribution in [-0.2, 0) is 9.47 Å². The average molecular weight is 489 g/mol. The topological polar surface area (TPSA) is 52.6 Å². The van der Waals surface area contributed by atoms with E-state index in [4.69, 9.17) is 9.47 Å². The second-order valence-corrected chi connectivity index (χ2v) is 10.3. The van der Waals surface area contributed by atoms with E-state index < -0.39 is 11.9 Å². The summed E-state index contributed by atoms with van der Waals surface area (Å²) in [6, 6.07) is 6.81. The molecule has 1 rings (SSSR count). The number of ether oxygens (including phenoxy) is 2. The molecular formula is C31H52O4. The predicted molar refractivity (Wildman–Crippen MR) is 146 cm³/mol. The van der Waals surface area contributed by atoms with E-state index in [1.54, 1.807) is 24.3 Å². The fourth-order valence-corrected chi connectivity index (χ4v) is 4.28. The summed E-state index contributed by atoms with van der Waals surface area (Å²) in [6.45, 7) is 7.60. The van der Waals surface area contributed by atoms with Crippen LogP contribution in [0.1, 0.15) is 151 Å². The third-order valence-corrected chi connectivity index (χ3v) is 6.51. The minimum atomic E-state index is -0.436. The first-order chi connectivity index (χ1) is 17.1. The van der Waals surface area contributed by atoms with E-state index in [0.717, 1.165) is 31.6 Å². The van der Waals surface area contributed by atoms with Crippen LogP contribution in [0, 0.1) is 5.92 Å². The minimum absolute atomic E-state index is 0.300. The maximum Gasteiger partial charge on any atom is 0.339 e. The van der Waals surface area contributed by atoms with E-state index in [2.05, 4.69) is 20.8 Å². The smallest absolute Gasteiger partial charge is 0.339 e. The van der Waals surface area contributed by atoms with Gasteiger partial charge in [-0.2, -0.15) is 0 Å². The Hall–Kier alpha value is -1.84. The Labute approximate surface area is 215 Å². The number of carbonyl (C=O) groups is 2. The zero-order valence-corrected chi connectivity index (χ0v) is 23.0. The molecule has 0 spiro atoms. The molecule has 0 aliphatic heterocycles. The van der Waals surface area contributed by atoms with Crippen LogP contribution < -0.4 is 0 Å². The molecule has 0 fully saturated rings. The van der Waals surface area contributed by atoms with Gasteiger partial charge in [-0.1, -0.05) is 129 Å². The van der Waals surface area contributed by atoms with Crippen molar-refractivity contribution in [2.45, 2.75) is 130 Å². The molecule has 0 saturated carbocycles. The van der Waals surface area contributed by atoms with E-state index in [1.807, 2.05) is 0 Å². The van der Waals surface area contributed by atoms with E-state index in [9.17, 15) is 9.59 Å². The van der Waals surface area contributed by atoms with Gasteiger partial charge in [-0.15, -0.1) is 0 Å². The normalized spacial score (nSPS) is 11.1. The summed E-state index contributed by atoms with van der Waals surface area (Å²) in [5, 5.41) is 0. The first kappa shape index (κ1) is 31.2. The quantitative estimate of drug-likeness (QED) is 0.120. The molecule has 0 heterocycles. The van der Waals surface area contributed by atoms with Crippen LogP contribution in [0.25, 0.3) is 0 Å². The summed E-state index contributed by atoms with van der Waals surface area (Å²) in [7, 11) is 0. The van der Waals surface area contributed by atoms with Crippen LogP contribution in [0.15, 0.2) is 24.3 Å². The number of rotatable bonds is 22. The minimum Gasteiger partial charge on any atom is -0.462 e. The molecule has 0 N–H and O–H groups in total. The largest absolute Gasteiger partial charge is 0.462 e. The van der Waals surface area contributed by atoms with Crippen molar-refractivity contribution in [1.82, 2.24) is 0 Å². The van der Waals surface area contributed by atoms with Crippen molar-refractivity contribution in [1.29, 1.82) is 0 Å². The van der Waals surface area contributed by atoms with Crippen LogP contribution in [-0.4, -0.2) is 25.2 Å². The fraction of sp³-hybridized carbons (Fsp3) is 0.742. The third kappa shape index (κ3) is 16.5. The molecule has 200 valence electrons. The standard InChI is InChI=1S/C31H52O4/c1-4-5-6-7-8-12-15-20-25-34-30(32)28-23-18-19-24-29(28)31(33)35-26-21-16-13-10-9-11-14-17-22-27(2)3/h18-19,23-24,27H,4-17,20-22,25-26H2,1-3H3. The van der Waals surface area contributed by atoms with Crippen molar-refractivity contribution in [2.75, 3.05) is 13.2 Å². The molecule has 4 nitrogen and oxygen atoms in total. The monoisotopic (exact) mass is 488 g/mol. The number of unbranched alkanes of at least 4 members (excludes halogenated alkanes) is 14. The Morgan fingerprint density at radius 2 is 0.971 bits per heavy atom. The highest BCUT2D eigenvalue weighted by atomic mass is 16.5. The third-order valence-electron chi connectivity index (χ3n) is 6.51. The molecule has 0 aromatic heterocycles. The lowest BCUT2D eigenvalue weighted by molar-refractivity contribution is 0.0450. The molecule has 0 saturated heterocycles. The van der Waals surface area contributed by atoms with Gasteiger partial charge in [0.2, 0.25) is 0 Å². The molecule has 1 aromatic carbocycles. The summed E-state index contributed by atoms with van der Waals surface area (Å²) in [4.78, 5) is 25.1. The van der Waals surface area contributed by atoms with Crippen molar-refractivity contribution in [3.8, 4) is 0 Å². The first-order valence-corrected chi connectivity index (χ1v) is 14.5. The lowest BCUT2D eigenvalue weighted by atomic mass is 10.0. The Morgan fingerprint density at radius 1 is 0.600 bits per heavy atom. The van der Waals surface area contributed by atoms with Crippen molar-refractivity contribution in [3.63, 3.8) is 0 Å². The zero-order valence-electron chi connectivity index (χ0n) is 23.0. The van der Waals surface area contributed by atoms with Gasteiger partial charge in [0.1, 0.15) is 0 Å². The molecule has 0 aliphatic rings. The van der Waals surface area contributed by atoms with Crippen LogP contribution in [0.2, 0.25) is 0 Å². The van der Waals surface area contributed by atoms with Gasteiger partial charge in [0, 0.05) is 0 Å². The van der Waals surface area contributed by atoms with Crippen LogP contribution in [0.3, 0.4) is 0 Å². The van der Waals surface area contributed by atoms with Gasteiger partial charge >= 0.3 is 11.9 Å². The van der Waals surface area contributed by atoms with Crippen molar-refractivity contribution in [2.24, 2.45) is 5.92 Å². The first-order valence-electron chi connectivity index (χ1n) is 14.5.